The first-order chi connectivity index (χ1) is 7.97. The lowest BCUT2D eigenvalue weighted by atomic mass is 9.79. The second-order valence-corrected chi connectivity index (χ2v) is 6.08. The zero-order valence-electron chi connectivity index (χ0n) is 11.6. The molecule has 1 fully saturated rings. The first-order valence-corrected chi connectivity index (χ1v) is 6.51. The minimum atomic E-state index is 0. The molecule has 1 unspecified atom stereocenters. The van der Waals surface area contributed by atoms with Crippen LogP contribution in [0.25, 0.3) is 0 Å². The van der Waals surface area contributed by atoms with Crippen molar-refractivity contribution in [3.8, 4) is 0 Å². The Labute approximate surface area is 117 Å². The molecule has 3 heteroatoms. The van der Waals surface area contributed by atoms with Crippen LogP contribution in [0.15, 0.2) is 24.3 Å². The molecule has 0 bridgehead atoms. The Kier molecular flexibility index (Phi) is 5.20. The molecule has 0 amide bonds. The van der Waals surface area contributed by atoms with E-state index < -0.39 is 0 Å². The predicted octanol–water partition coefficient (Wildman–Crippen LogP) is 2.98. The lowest BCUT2D eigenvalue weighted by molar-refractivity contribution is 0.0899. The maximum atomic E-state index is 6.17. The van der Waals surface area contributed by atoms with Gasteiger partial charge >= 0.3 is 0 Å². The zero-order valence-corrected chi connectivity index (χ0v) is 12.5. The van der Waals surface area contributed by atoms with Crippen molar-refractivity contribution in [1.29, 1.82) is 0 Å². The molecule has 0 spiro atoms. The van der Waals surface area contributed by atoms with E-state index in [0.29, 0.717) is 6.04 Å². The van der Waals surface area contributed by atoms with E-state index in [2.05, 4.69) is 49.9 Å². The highest BCUT2D eigenvalue weighted by Gasteiger charge is 2.33. The van der Waals surface area contributed by atoms with Gasteiger partial charge in [0.1, 0.15) is 0 Å². The van der Waals surface area contributed by atoms with Crippen LogP contribution in [0, 0.1) is 12.3 Å². The normalized spacial score (nSPS) is 23.4. The van der Waals surface area contributed by atoms with E-state index in [1.54, 1.807) is 0 Å². The number of rotatable bonds is 2. The summed E-state index contributed by atoms with van der Waals surface area (Å²) in [5.74, 6) is 0. The standard InChI is InChI=1S/C15H24N2.ClH/c1-12-5-4-6-13(9-12)10-17-8-7-14(16)15(2,3)11-17;/h4-6,9,14H,7-8,10-11,16H2,1-3H3;1H. The molecule has 2 N–H and O–H groups in total. The van der Waals surface area contributed by atoms with Gasteiger partial charge in [0, 0.05) is 25.7 Å². The van der Waals surface area contributed by atoms with Crippen LogP contribution in [0.1, 0.15) is 31.4 Å². The highest BCUT2D eigenvalue weighted by molar-refractivity contribution is 5.85. The van der Waals surface area contributed by atoms with Crippen LogP contribution >= 0.6 is 12.4 Å². The highest BCUT2D eigenvalue weighted by Crippen LogP contribution is 2.28. The maximum absolute atomic E-state index is 6.17. The second-order valence-electron chi connectivity index (χ2n) is 6.08. The van der Waals surface area contributed by atoms with Gasteiger partial charge in [0.05, 0.1) is 0 Å². The van der Waals surface area contributed by atoms with Crippen molar-refractivity contribution in [3.05, 3.63) is 35.4 Å². The monoisotopic (exact) mass is 268 g/mol. The Morgan fingerprint density at radius 1 is 1.39 bits per heavy atom. The van der Waals surface area contributed by atoms with Gasteiger partial charge < -0.3 is 5.73 Å². The van der Waals surface area contributed by atoms with E-state index in [4.69, 9.17) is 5.73 Å². The number of likely N-dealkylation sites (tertiary alicyclic amines) is 1. The van der Waals surface area contributed by atoms with Crippen molar-refractivity contribution in [2.24, 2.45) is 11.1 Å². The van der Waals surface area contributed by atoms with E-state index in [9.17, 15) is 0 Å². The van der Waals surface area contributed by atoms with Crippen LogP contribution in [-0.4, -0.2) is 24.0 Å². The molecule has 1 aliphatic rings. The molecular weight excluding hydrogens is 244 g/mol. The first kappa shape index (κ1) is 15.5. The number of nitrogens with two attached hydrogens (primary N) is 1. The van der Waals surface area contributed by atoms with Gasteiger partial charge in [-0.1, -0.05) is 43.7 Å². The molecule has 1 saturated heterocycles. The van der Waals surface area contributed by atoms with Crippen molar-refractivity contribution in [2.75, 3.05) is 13.1 Å². The summed E-state index contributed by atoms with van der Waals surface area (Å²) < 4.78 is 0. The number of hydrogen-bond acceptors (Lipinski definition) is 2. The van der Waals surface area contributed by atoms with E-state index in [0.717, 1.165) is 26.1 Å². The third kappa shape index (κ3) is 3.71. The molecule has 2 rings (SSSR count). The SMILES string of the molecule is Cc1cccc(CN2CCC(N)C(C)(C)C2)c1.Cl. The molecule has 0 aromatic heterocycles. The van der Waals surface area contributed by atoms with Crippen LogP contribution in [0.3, 0.4) is 0 Å². The van der Waals surface area contributed by atoms with E-state index in [1.165, 1.54) is 11.1 Å². The molecule has 102 valence electrons. The number of nitrogens with zero attached hydrogens (tertiary/aromatic N) is 1. The third-order valence-corrected chi connectivity index (χ3v) is 3.88. The minimum Gasteiger partial charge on any atom is -0.327 e. The lowest BCUT2D eigenvalue weighted by Crippen LogP contribution is -2.52. The summed E-state index contributed by atoms with van der Waals surface area (Å²) >= 11 is 0. The van der Waals surface area contributed by atoms with Gasteiger partial charge in [-0.15, -0.1) is 12.4 Å². The van der Waals surface area contributed by atoms with Crippen LogP contribution in [0.5, 0.6) is 0 Å². The van der Waals surface area contributed by atoms with Gasteiger partial charge in [0.15, 0.2) is 0 Å². The van der Waals surface area contributed by atoms with Crippen molar-refractivity contribution < 1.29 is 0 Å². The quantitative estimate of drug-likeness (QED) is 0.894. The molecule has 1 aromatic carbocycles. The Balaban J connectivity index is 0.00000162. The maximum Gasteiger partial charge on any atom is 0.0234 e. The third-order valence-electron chi connectivity index (χ3n) is 3.88. The first-order valence-electron chi connectivity index (χ1n) is 6.51. The van der Waals surface area contributed by atoms with Gasteiger partial charge in [-0.2, -0.15) is 0 Å². The van der Waals surface area contributed by atoms with Crippen LogP contribution < -0.4 is 5.73 Å². The number of aryl methyl sites for hydroxylation is 1. The van der Waals surface area contributed by atoms with Gasteiger partial charge in [-0.3, -0.25) is 4.90 Å². The smallest absolute Gasteiger partial charge is 0.0234 e. The molecule has 0 aliphatic carbocycles. The Morgan fingerprint density at radius 2 is 2.11 bits per heavy atom. The van der Waals surface area contributed by atoms with Gasteiger partial charge in [-0.25, -0.2) is 0 Å². The number of hydrogen-bond donors (Lipinski definition) is 1. The summed E-state index contributed by atoms with van der Waals surface area (Å²) in [6.07, 6.45) is 1.11. The fraction of sp³-hybridized carbons (Fsp3) is 0.600. The van der Waals surface area contributed by atoms with Crippen LogP contribution in [0.2, 0.25) is 0 Å². The largest absolute Gasteiger partial charge is 0.327 e. The number of halogens is 1. The van der Waals surface area contributed by atoms with E-state index >= 15 is 0 Å². The Bertz CT molecular complexity index is 390. The average Bonchev–Trinajstić information content (AvgIpc) is 2.23. The molecule has 18 heavy (non-hydrogen) atoms. The van der Waals surface area contributed by atoms with E-state index in [-0.39, 0.29) is 17.8 Å². The molecule has 2 nitrogen and oxygen atoms in total. The average molecular weight is 269 g/mol. The number of benzene rings is 1. The molecule has 1 aromatic rings. The molecule has 0 saturated carbocycles. The molecular formula is C15H25ClN2. The molecule has 1 atom stereocenters. The van der Waals surface area contributed by atoms with Crippen molar-refractivity contribution in [2.45, 2.75) is 39.8 Å². The summed E-state index contributed by atoms with van der Waals surface area (Å²) in [7, 11) is 0. The molecule has 1 heterocycles. The molecule has 1 aliphatic heterocycles. The summed E-state index contributed by atoms with van der Waals surface area (Å²) in [5, 5.41) is 0. The lowest BCUT2D eigenvalue weighted by Gasteiger charge is -2.42. The van der Waals surface area contributed by atoms with Gasteiger partial charge in [0.25, 0.3) is 0 Å². The highest BCUT2D eigenvalue weighted by atomic mass is 35.5. The van der Waals surface area contributed by atoms with Crippen LogP contribution in [-0.2, 0) is 6.54 Å². The van der Waals surface area contributed by atoms with Crippen molar-refractivity contribution in [1.82, 2.24) is 4.90 Å². The van der Waals surface area contributed by atoms with Crippen LogP contribution in [0.4, 0.5) is 0 Å². The minimum absolute atomic E-state index is 0. The Morgan fingerprint density at radius 3 is 2.72 bits per heavy atom. The summed E-state index contributed by atoms with van der Waals surface area (Å²) in [6.45, 7) is 9.98. The zero-order chi connectivity index (χ0) is 12.5. The fourth-order valence-corrected chi connectivity index (χ4v) is 2.69. The molecule has 0 radical (unpaired) electrons. The van der Waals surface area contributed by atoms with Crippen molar-refractivity contribution >= 4 is 12.4 Å². The fourth-order valence-electron chi connectivity index (χ4n) is 2.69. The van der Waals surface area contributed by atoms with Gasteiger partial charge in [0.2, 0.25) is 0 Å². The summed E-state index contributed by atoms with van der Waals surface area (Å²) in [6, 6.07) is 9.14. The van der Waals surface area contributed by atoms with Gasteiger partial charge in [-0.05, 0) is 24.3 Å². The second kappa shape index (κ2) is 6.05. The van der Waals surface area contributed by atoms with Crippen molar-refractivity contribution in [3.63, 3.8) is 0 Å². The topological polar surface area (TPSA) is 29.3 Å². The van der Waals surface area contributed by atoms with E-state index in [1.807, 2.05) is 0 Å². The number of piperidine rings is 1. The summed E-state index contributed by atoms with van der Waals surface area (Å²) in [4.78, 5) is 2.53. The predicted molar refractivity (Wildman–Crippen MR) is 80.1 cm³/mol. The Hall–Kier alpha value is -0.570. The summed E-state index contributed by atoms with van der Waals surface area (Å²) in [5.41, 5.74) is 9.16.